The van der Waals surface area contributed by atoms with Crippen molar-refractivity contribution in [3.8, 4) is 11.6 Å². The zero-order chi connectivity index (χ0) is 25.4. The van der Waals surface area contributed by atoms with Crippen LogP contribution < -0.4 is 8.92 Å². The minimum atomic E-state index is -5.98. The molecule has 0 aliphatic carbocycles. The van der Waals surface area contributed by atoms with Crippen molar-refractivity contribution in [1.29, 1.82) is 0 Å². The highest BCUT2D eigenvalue weighted by atomic mass is 32.2. The third-order valence-corrected chi connectivity index (χ3v) is 7.32. The summed E-state index contributed by atoms with van der Waals surface area (Å²) in [6.07, 6.45) is -3.81. The quantitative estimate of drug-likeness (QED) is 0.267. The lowest BCUT2D eigenvalue weighted by Crippen LogP contribution is -2.33. The number of alkyl halides is 6. The molecule has 0 radical (unpaired) electrons. The Hall–Kier alpha value is -2.19. The molecule has 1 aliphatic heterocycles. The molecule has 0 N–H and O–H groups in total. The maximum atomic E-state index is 13.1. The number of pyridine rings is 1. The van der Waals surface area contributed by atoms with E-state index in [-0.39, 0.29) is 24.5 Å². The molecule has 14 heteroatoms. The maximum Gasteiger partial charge on any atom is 0.534 e. The van der Waals surface area contributed by atoms with Crippen LogP contribution in [0.15, 0.2) is 41.4 Å². The zero-order valence-electron chi connectivity index (χ0n) is 17.7. The molecule has 34 heavy (non-hydrogen) atoms. The Kier molecular flexibility index (Phi) is 7.35. The molecule has 188 valence electrons. The summed E-state index contributed by atoms with van der Waals surface area (Å²) in [5.74, 6) is -0.851. The van der Waals surface area contributed by atoms with Crippen LogP contribution in [-0.2, 0) is 21.0 Å². The van der Waals surface area contributed by atoms with Crippen LogP contribution in [0.25, 0.3) is 0 Å². The predicted octanol–water partition coefficient (Wildman–Crippen LogP) is 5.74. The standard InChI is InChI=1S/C20H19F6NO5S2/c1-18(33-13-5-3-4-12(8-13)19(21,22)23)6-7-31-16(10-18)14-11-27-17(30-2)9-15(14)32-34(28,29)20(24,25)26/h3-5,8-9,11,16H,6-7,10H2,1-2H3. The molecule has 3 rings (SSSR count). The molecular formula is C20H19F6NO5S2. The van der Waals surface area contributed by atoms with E-state index in [0.29, 0.717) is 11.3 Å². The number of ether oxygens (including phenoxy) is 2. The molecule has 0 amide bonds. The average molecular weight is 531 g/mol. The van der Waals surface area contributed by atoms with Gasteiger partial charge in [0.1, 0.15) is 0 Å². The van der Waals surface area contributed by atoms with Crippen molar-refractivity contribution < 1.29 is 48.4 Å². The van der Waals surface area contributed by atoms with Crippen LogP contribution in [-0.4, -0.2) is 37.4 Å². The largest absolute Gasteiger partial charge is 0.534 e. The summed E-state index contributed by atoms with van der Waals surface area (Å²) in [4.78, 5) is 4.25. The van der Waals surface area contributed by atoms with Crippen LogP contribution in [0.2, 0.25) is 0 Å². The summed E-state index contributed by atoms with van der Waals surface area (Å²) in [5.41, 5.74) is -6.54. The van der Waals surface area contributed by atoms with Crippen molar-refractivity contribution in [2.75, 3.05) is 13.7 Å². The molecule has 1 aliphatic rings. The van der Waals surface area contributed by atoms with Gasteiger partial charge in [-0.2, -0.15) is 34.8 Å². The SMILES string of the molecule is COc1cc(OS(=O)(=O)C(F)(F)F)c(C2CC(C)(Sc3cccc(C(F)(F)F)c3)CCO2)cn1. The van der Waals surface area contributed by atoms with Gasteiger partial charge in [0.25, 0.3) is 0 Å². The summed E-state index contributed by atoms with van der Waals surface area (Å²) in [6.45, 7) is 1.89. The van der Waals surface area contributed by atoms with Gasteiger partial charge in [-0.25, -0.2) is 4.98 Å². The zero-order valence-corrected chi connectivity index (χ0v) is 19.4. The summed E-state index contributed by atoms with van der Waals surface area (Å²) in [5, 5.41) is 0. The lowest BCUT2D eigenvalue weighted by molar-refractivity contribution is -0.137. The topological polar surface area (TPSA) is 74.7 Å². The van der Waals surface area contributed by atoms with Gasteiger partial charge in [-0.1, -0.05) is 6.07 Å². The normalized spacial score (nSPS) is 21.8. The van der Waals surface area contributed by atoms with Gasteiger partial charge in [-0.3, -0.25) is 0 Å². The molecule has 1 aromatic heterocycles. The Morgan fingerprint density at radius 1 is 1.18 bits per heavy atom. The number of benzene rings is 1. The summed E-state index contributed by atoms with van der Waals surface area (Å²) < 4.78 is 115. The number of hydrogen-bond acceptors (Lipinski definition) is 7. The number of thioether (sulfide) groups is 1. The molecule has 1 saturated heterocycles. The predicted molar refractivity (Wildman–Crippen MR) is 110 cm³/mol. The Balaban J connectivity index is 1.90. The molecule has 0 spiro atoms. The highest BCUT2D eigenvalue weighted by molar-refractivity contribution is 8.00. The average Bonchev–Trinajstić information content (AvgIpc) is 2.72. The Labute approximate surface area is 195 Å². The second-order valence-electron chi connectivity index (χ2n) is 7.64. The number of hydrogen-bond donors (Lipinski definition) is 0. The van der Waals surface area contributed by atoms with Crippen molar-refractivity contribution in [2.45, 2.75) is 47.2 Å². The molecule has 2 atom stereocenters. The monoisotopic (exact) mass is 531 g/mol. The lowest BCUT2D eigenvalue weighted by Gasteiger charge is -2.38. The lowest BCUT2D eigenvalue weighted by atomic mass is 9.93. The fraction of sp³-hybridized carbons (Fsp3) is 0.450. The molecule has 2 heterocycles. The van der Waals surface area contributed by atoms with Crippen molar-refractivity contribution in [1.82, 2.24) is 4.98 Å². The first-order valence-corrected chi connectivity index (χ1v) is 11.9. The van der Waals surface area contributed by atoms with Crippen molar-refractivity contribution in [2.24, 2.45) is 0 Å². The molecule has 6 nitrogen and oxygen atoms in total. The van der Waals surface area contributed by atoms with Gasteiger partial charge < -0.3 is 13.7 Å². The molecular weight excluding hydrogens is 512 g/mol. The van der Waals surface area contributed by atoms with E-state index in [4.69, 9.17) is 9.47 Å². The van der Waals surface area contributed by atoms with E-state index in [1.54, 1.807) is 6.92 Å². The minimum absolute atomic E-state index is 0.0656. The van der Waals surface area contributed by atoms with Gasteiger partial charge in [-0.05, 0) is 38.0 Å². The van der Waals surface area contributed by atoms with Gasteiger partial charge >= 0.3 is 21.8 Å². The third kappa shape index (κ3) is 6.08. The maximum absolute atomic E-state index is 13.1. The molecule has 1 aromatic carbocycles. The first kappa shape index (κ1) is 26.4. The van der Waals surface area contributed by atoms with Crippen molar-refractivity contribution >= 4 is 21.9 Å². The molecule has 2 unspecified atom stereocenters. The highest BCUT2D eigenvalue weighted by Crippen LogP contribution is 2.48. The van der Waals surface area contributed by atoms with Crippen LogP contribution in [0.4, 0.5) is 26.3 Å². The van der Waals surface area contributed by atoms with Crippen molar-refractivity contribution in [3.05, 3.63) is 47.7 Å². The third-order valence-electron chi connectivity index (χ3n) is 5.00. The molecule has 1 fully saturated rings. The minimum Gasteiger partial charge on any atom is -0.481 e. The number of halogens is 6. The first-order chi connectivity index (χ1) is 15.6. The Morgan fingerprint density at radius 3 is 2.50 bits per heavy atom. The summed E-state index contributed by atoms with van der Waals surface area (Å²) in [6, 6.07) is 5.67. The van der Waals surface area contributed by atoms with E-state index in [1.165, 1.54) is 19.2 Å². The van der Waals surface area contributed by atoms with Crippen LogP contribution in [0.1, 0.15) is 37.0 Å². The van der Waals surface area contributed by atoms with Crippen LogP contribution in [0.3, 0.4) is 0 Å². The fourth-order valence-electron chi connectivity index (χ4n) is 3.30. The Bertz CT molecular complexity index is 1140. The smallest absolute Gasteiger partial charge is 0.481 e. The number of aromatic nitrogens is 1. The van der Waals surface area contributed by atoms with E-state index in [1.807, 2.05) is 0 Å². The second kappa shape index (κ2) is 9.46. The Morgan fingerprint density at radius 2 is 1.88 bits per heavy atom. The highest BCUT2D eigenvalue weighted by Gasteiger charge is 2.49. The number of rotatable bonds is 6. The van der Waals surface area contributed by atoms with E-state index in [2.05, 4.69) is 9.17 Å². The second-order valence-corrected chi connectivity index (χ2v) is 10.8. The van der Waals surface area contributed by atoms with Gasteiger partial charge in [0.2, 0.25) is 5.88 Å². The van der Waals surface area contributed by atoms with Gasteiger partial charge in [-0.15, -0.1) is 11.8 Å². The fourth-order valence-corrected chi connectivity index (χ4v) is 5.10. The van der Waals surface area contributed by atoms with Gasteiger partial charge in [0.05, 0.1) is 18.8 Å². The molecule has 0 bridgehead atoms. The summed E-state index contributed by atoms with van der Waals surface area (Å²) in [7, 11) is -4.80. The van der Waals surface area contributed by atoms with E-state index >= 15 is 0 Å². The van der Waals surface area contributed by atoms with E-state index in [9.17, 15) is 34.8 Å². The summed E-state index contributed by atoms with van der Waals surface area (Å²) >= 11 is 1.16. The van der Waals surface area contributed by atoms with Crippen LogP contribution in [0, 0.1) is 0 Å². The van der Waals surface area contributed by atoms with Gasteiger partial charge in [0, 0.05) is 34.1 Å². The first-order valence-electron chi connectivity index (χ1n) is 9.66. The molecule has 0 saturated carbocycles. The van der Waals surface area contributed by atoms with E-state index < -0.39 is 44.0 Å². The number of nitrogens with zero attached hydrogens (tertiary/aromatic N) is 1. The number of methoxy groups -OCH3 is 1. The van der Waals surface area contributed by atoms with Gasteiger partial charge in [0.15, 0.2) is 5.75 Å². The van der Waals surface area contributed by atoms with Crippen molar-refractivity contribution in [3.63, 3.8) is 0 Å². The van der Waals surface area contributed by atoms with E-state index in [0.717, 1.165) is 36.2 Å². The van der Waals surface area contributed by atoms with Crippen LogP contribution in [0.5, 0.6) is 11.6 Å². The van der Waals surface area contributed by atoms with Crippen LogP contribution >= 0.6 is 11.8 Å². The molecule has 2 aromatic rings.